The van der Waals surface area contributed by atoms with Crippen molar-refractivity contribution in [2.24, 2.45) is 0 Å². The van der Waals surface area contributed by atoms with Crippen molar-refractivity contribution in [1.29, 1.82) is 0 Å². The zero-order valence-corrected chi connectivity index (χ0v) is 24.1. The first-order valence-corrected chi connectivity index (χ1v) is 18.3. The maximum Gasteiger partial charge on any atom is -0.0340 e. The van der Waals surface area contributed by atoms with E-state index in [1.54, 1.807) is 34.5 Å². The van der Waals surface area contributed by atoms with Crippen molar-refractivity contribution in [2.75, 3.05) is 0 Å². The Kier molecular flexibility index (Phi) is 7.43. The van der Waals surface area contributed by atoms with Crippen LogP contribution in [0.1, 0.15) is 70.9 Å². The molecule has 2 heteroatoms. The van der Waals surface area contributed by atoms with Crippen LogP contribution in [0.5, 0.6) is 0 Å². The molecule has 0 aromatic heterocycles. The minimum absolute atomic E-state index is 0.210. The molecule has 4 aromatic rings. The molecule has 0 atom stereocenters. The molecule has 164 valence electrons. The second-order valence-electron chi connectivity index (χ2n) is 10.2. The molecule has 0 bridgehead atoms. The number of aryl methyl sites for hydroxylation is 4. The van der Waals surface area contributed by atoms with Crippen molar-refractivity contribution in [3.05, 3.63) is 81.9 Å². The van der Waals surface area contributed by atoms with Gasteiger partial charge >= 0.3 is 41.9 Å². The molecule has 0 heterocycles. The molecule has 2 saturated carbocycles. The molecule has 2 aliphatic rings. The molecule has 0 unspecified atom stereocenters. The van der Waals surface area contributed by atoms with Crippen LogP contribution in [0, 0.1) is 27.7 Å². The van der Waals surface area contributed by atoms with Crippen molar-refractivity contribution in [2.45, 2.75) is 78.3 Å². The molecule has 0 aliphatic heterocycles. The first-order valence-electron chi connectivity index (χ1n) is 12.1. The van der Waals surface area contributed by atoms with Gasteiger partial charge in [0.15, 0.2) is 0 Å². The Bertz CT molecular complexity index is 1090. The van der Waals surface area contributed by atoms with E-state index in [1.807, 2.05) is 0 Å². The second kappa shape index (κ2) is 9.94. The zero-order chi connectivity index (χ0) is 23.0. The van der Waals surface area contributed by atoms with Gasteiger partial charge in [0.25, 0.3) is 0 Å². The molecule has 0 saturated heterocycles. The minimum Gasteiger partial charge on any atom is -0.164 e. The summed E-state index contributed by atoms with van der Waals surface area (Å²) in [6.45, 7) is 13.4. The van der Waals surface area contributed by atoms with Crippen LogP contribution in [0.4, 0.5) is 0 Å². The predicted molar refractivity (Wildman–Crippen MR) is 139 cm³/mol. The summed E-state index contributed by atoms with van der Waals surface area (Å²) in [5, 5.41) is 5.86. The van der Waals surface area contributed by atoms with Gasteiger partial charge in [-0.1, -0.05) is 37.1 Å². The van der Waals surface area contributed by atoms with E-state index in [-0.39, 0.29) is 5.43 Å². The molecule has 0 nitrogen and oxygen atoms in total. The molecule has 6 rings (SSSR count). The third kappa shape index (κ3) is 5.63. The maximum absolute atomic E-state index is 2.40. The van der Waals surface area contributed by atoms with Gasteiger partial charge in [-0.3, -0.25) is 0 Å². The van der Waals surface area contributed by atoms with Gasteiger partial charge in [-0.05, 0) is 51.4 Å². The quantitative estimate of drug-likeness (QED) is 0.185. The van der Waals surface area contributed by atoms with Crippen LogP contribution < -0.4 is 0 Å². The normalized spacial score (nSPS) is 15.2. The molecule has 0 N–H and O–H groups in total. The molecule has 0 amide bonds. The summed E-state index contributed by atoms with van der Waals surface area (Å²) in [6, 6.07) is 18.5. The Hall–Kier alpha value is -1.24. The fourth-order valence-electron chi connectivity index (χ4n) is 4.53. The van der Waals surface area contributed by atoms with Crippen molar-refractivity contribution in [3.63, 3.8) is 0 Å². The standard InChI is InChI=1S/2C14H15.C2H6Si.Zr/c2*1-9-3-4-10(2)14-8-12(7-13(9)14)11-5-6-11;1-3-2;/h2*3-4,7-8,11H,5-6H2,1-2H3;1-2H3;/q2*-1;;+2. The van der Waals surface area contributed by atoms with E-state index in [9.17, 15) is 0 Å². The Morgan fingerprint density at radius 3 is 1.25 bits per heavy atom. The number of hydrogen-bond acceptors (Lipinski definition) is 0. The number of fused-ring (bicyclic) bond motifs is 2. The van der Waals surface area contributed by atoms with Crippen LogP contribution in [0.2, 0.25) is 13.1 Å². The average molecular weight is 516 g/mol. The van der Waals surface area contributed by atoms with Gasteiger partial charge in [-0.25, -0.2) is 0 Å². The molecule has 4 aromatic carbocycles. The SMILES string of the molecule is C[Si](C)=[Zr+2].Cc1ccc(C)c2[cH-]c(C3CC3)cc12.Cc1ccc(C)c2[cH-]c(C3CC3)cc12. The van der Waals surface area contributed by atoms with Crippen LogP contribution in [0.15, 0.2) is 48.5 Å². The Balaban J connectivity index is 0.000000132. The molecular formula is C30H36SiZr. The first kappa shape index (κ1) is 23.9. The van der Waals surface area contributed by atoms with Crippen molar-refractivity contribution in [1.82, 2.24) is 0 Å². The third-order valence-electron chi connectivity index (χ3n) is 6.79. The summed E-state index contributed by atoms with van der Waals surface area (Å²) in [5.41, 5.74) is 9.00. The zero-order valence-electron chi connectivity index (χ0n) is 20.6. The number of hydrogen-bond donors (Lipinski definition) is 0. The summed E-state index contributed by atoms with van der Waals surface area (Å²) < 4.78 is 0. The fraction of sp³-hybridized carbons (Fsp3) is 0.400. The predicted octanol–water partition coefficient (Wildman–Crippen LogP) is 8.89. The monoisotopic (exact) mass is 514 g/mol. The molecular weight excluding hydrogens is 480 g/mol. The van der Waals surface area contributed by atoms with Crippen molar-refractivity contribution in [3.8, 4) is 0 Å². The van der Waals surface area contributed by atoms with Gasteiger partial charge in [0.05, 0.1) is 0 Å². The number of rotatable bonds is 2. The first-order chi connectivity index (χ1) is 15.2. The Morgan fingerprint density at radius 1 is 0.656 bits per heavy atom. The Labute approximate surface area is 209 Å². The van der Waals surface area contributed by atoms with Crippen LogP contribution in [-0.4, -0.2) is 5.43 Å². The van der Waals surface area contributed by atoms with E-state index < -0.39 is 0 Å². The van der Waals surface area contributed by atoms with Gasteiger partial charge in [0.1, 0.15) is 0 Å². The van der Waals surface area contributed by atoms with E-state index in [2.05, 4.69) is 89.3 Å². The fourth-order valence-corrected chi connectivity index (χ4v) is 4.53. The van der Waals surface area contributed by atoms with Gasteiger partial charge in [-0.15, -0.1) is 68.1 Å². The molecule has 32 heavy (non-hydrogen) atoms. The molecule has 0 radical (unpaired) electrons. The summed E-state index contributed by atoms with van der Waals surface area (Å²) in [6.07, 6.45) is 5.59. The van der Waals surface area contributed by atoms with E-state index in [1.165, 1.54) is 69.5 Å². The van der Waals surface area contributed by atoms with E-state index in [4.69, 9.17) is 0 Å². The number of benzene rings is 2. The second-order valence-corrected chi connectivity index (χ2v) is 19.6. The van der Waals surface area contributed by atoms with Gasteiger partial charge < -0.3 is 0 Å². The van der Waals surface area contributed by atoms with Crippen LogP contribution in [-0.2, 0) is 23.3 Å². The van der Waals surface area contributed by atoms with Crippen LogP contribution >= 0.6 is 0 Å². The van der Waals surface area contributed by atoms with Crippen LogP contribution in [0.3, 0.4) is 0 Å². The van der Waals surface area contributed by atoms with Gasteiger partial charge in [-0.2, -0.15) is 12.1 Å². The van der Waals surface area contributed by atoms with Crippen LogP contribution in [0.25, 0.3) is 21.5 Å². The van der Waals surface area contributed by atoms with Gasteiger partial charge in [0, 0.05) is 0 Å². The van der Waals surface area contributed by atoms with E-state index in [0.717, 1.165) is 11.8 Å². The average Bonchev–Trinajstić information content (AvgIpc) is 3.68. The summed E-state index contributed by atoms with van der Waals surface area (Å²) in [5.74, 6) is 1.75. The topological polar surface area (TPSA) is 0 Å². The molecule has 2 fully saturated rings. The summed E-state index contributed by atoms with van der Waals surface area (Å²) in [4.78, 5) is 0. The maximum atomic E-state index is 2.40. The van der Waals surface area contributed by atoms with Crippen molar-refractivity contribution >= 4 is 27.0 Å². The van der Waals surface area contributed by atoms with Gasteiger partial charge in [0.2, 0.25) is 0 Å². The molecule has 2 aliphatic carbocycles. The third-order valence-corrected chi connectivity index (χ3v) is 6.79. The largest absolute Gasteiger partial charge is 0.164 e. The summed E-state index contributed by atoms with van der Waals surface area (Å²) in [7, 11) is 0. The smallest absolute Gasteiger partial charge is 0.0340 e. The van der Waals surface area contributed by atoms with Crippen molar-refractivity contribution < 1.29 is 23.3 Å². The summed E-state index contributed by atoms with van der Waals surface area (Å²) >= 11 is 1.74. The van der Waals surface area contributed by atoms with E-state index >= 15 is 0 Å². The molecule has 0 spiro atoms. The minimum atomic E-state index is 0.210. The Morgan fingerprint density at radius 2 is 0.969 bits per heavy atom. The van der Waals surface area contributed by atoms with E-state index in [0.29, 0.717) is 0 Å².